The molecule has 0 radical (unpaired) electrons. The fourth-order valence-electron chi connectivity index (χ4n) is 6.24. The van der Waals surface area contributed by atoms with Crippen LogP contribution in [0.3, 0.4) is 0 Å². The number of amides is 1. The summed E-state index contributed by atoms with van der Waals surface area (Å²) in [6.45, 7) is 8.64. The van der Waals surface area contributed by atoms with Crippen molar-refractivity contribution < 1.29 is 4.79 Å². The number of para-hydroxylation sites is 1. The van der Waals surface area contributed by atoms with E-state index in [1.165, 1.54) is 18.2 Å². The number of fused-ring (bicyclic) bond motifs is 3. The minimum Gasteiger partial charge on any atom is -0.348 e. The first-order valence-corrected chi connectivity index (χ1v) is 13.0. The lowest BCUT2D eigenvalue weighted by molar-refractivity contribution is -0.00263. The molecular weight excluding hydrogens is 432 g/mol. The maximum Gasteiger partial charge on any atom is 0.254 e. The smallest absolute Gasteiger partial charge is 0.254 e. The van der Waals surface area contributed by atoms with Crippen LogP contribution in [0.25, 0.3) is 10.9 Å². The predicted octanol–water partition coefficient (Wildman–Crippen LogP) is 4.01. The highest BCUT2D eigenvalue weighted by Gasteiger charge is 2.47. The second-order valence-corrected chi connectivity index (χ2v) is 10.4. The summed E-state index contributed by atoms with van der Waals surface area (Å²) in [5, 5.41) is 7.56. The highest BCUT2D eigenvalue weighted by molar-refractivity contribution is 7.98. The second kappa shape index (κ2) is 8.69. The molecule has 3 atom stereocenters. The number of rotatable bonds is 6. The molecule has 1 saturated carbocycles. The van der Waals surface area contributed by atoms with Gasteiger partial charge in [0.15, 0.2) is 0 Å². The molecule has 2 aliphatic rings. The van der Waals surface area contributed by atoms with E-state index < -0.39 is 0 Å². The van der Waals surface area contributed by atoms with Gasteiger partial charge in [-0.05, 0) is 76.4 Å². The molecule has 3 heterocycles. The number of aryl methyl sites for hydroxylation is 1. The molecule has 1 aliphatic heterocycles. The highest BCUT2D eigenvalue weighted by Crippen LogP contribution is 2.49. The molecule has 3 aromatic rings. The van der Waals surface area contributed by atoms with Crippen molar-refractivity contribution >= 4 is 28.6 Å². The van der Waals surface area contributed by atoms with Crippen molar-refractivity contribution in [2.75, 3.05) is 19.3 Å². The summed E-state index contributed by atoms with van der Waals surface area (Å²) in [5.74, 6) is 1.95. The summed E-state index contributed by atoms with van der Waals surface area (Å²) in [5.41, 5.74) is 4.12. The SMILES string of the molecule is CSc1cc(C)[nH]c(=O)c1CNC(=O)c1c(C)n(C(C)C2C3CNCC2C3)c2ccccc12. The third kappa shape index (κ3) is 3.71. The van der Waals surface area contributed by atoms with Gasteiger partial charge >= 0.3 is 0 Å². The van der Waals surface area contributed by atoms with Gasteiger partial charge in [0, 0.05) is 45.3 Å². The average Bonchev–Trinajstić information content (AvgIpc) is 3.09. The Bertz CT molecular complexity index is 1260. The van der Waals surface area contributed by atoms with Gasteiger partial charge in [-0.25, -0.2) is 0 Å². The zero-order chi connectivity index (χ0) is 23.3. The monoisotopic (exact) mass is 464 g/mol. The molecule has 174 valence electrons. The van der Waals surface area contributed by atoms with E-state index >= 15 is 0 Å². The van der Waals surface area contributed by atoms with E-state index in [0.29, 0.717) is 23.1 Å². The van der Waals surface area contributed by atoms with E-state index in [4.69, 9.17) is 0 Å². The Kier molecular flexibility index (Phi) is 5.87. The minimum absolute atomic E-state index is 0.128. The molecule has 6 nitrogen and oxygen atoms in total. The van der Waals surface area contributed by atoms with E-state index in [0.717, 1.165) is 52.1 Å². The zero-order valence-corrected chi connectivity index (χ0v) is 20.5. The number of pyridine rings is 1. The van der Waals surface area contributed by atoms with Crippen molar-refractivity contribution in [3.8, 4) is 0 Å². The van der Waals surface area contributed by atoms with E-state index in [9.17, 15) is 9.59 Å². The van der Waals surface area contributed by atoms with Crippen LogP contribution in [-0.4, -0.2) is 34.8 Å². The van der Waals surface area contributed by atoms with Gasteiger partial charge in [-0.3, -0.25) is 9.59 Å². The third-order valence-electron chi connectivity index (χ3n) is 7.73. The summed E-state index contributed by atoms with van der Waals surface area (Å²) in [4.78, 5) is 29.7. The van der Waals surface area contributed by atoms with Crippen LogP contribution >= 0.6 is 11.8 Å². The number of nitrogens with zero attached hydrogens (tertiary/aromatic N) is 1. The molecule has 1 saturated heterocycles. The van der Waals surface area contributed by atoms with Crippen molar-refractivity contribution in [2.45, 2.75) is 44.7 Å². The number of carbonyl (C=O) groups excluding carboxylic acids is 1. The first-order valence-electron chi connectivity index (χ1n) is 11.8. The van der Waals surface area contributed by atoms with Gasteiger partial charge in [0.25, 0.3) is 11.5 Å². The Morgan fingerprint density at radius 3 is 2.67 bits per heavy atom. The predicted molar refractivity (Wildman–Crippen MR) is 134 cm³/mol. The Hall–Kier alpha value is -2.51. The van der Waals surface area contributed by atoms with E-state index in [-0.39, 0.29) is 18.0 Å². The fourth-order valence-corrected chi connectivity index (χ4v) is 6.95. The first kappa shape index (κ1) is 22.3. The molecule has 0 spiro atoms. The van der Waals surface area contributed by atoms with Crippen molar-refractivity contribution in [1.29, 1.82) is 0 Å². The van der Waals surface area contributed by atoms with Crippen LogP contribution in [0.5, 0.6) is 0 Å². The molecule has 7 heteroatoms. The number of piperidine rings is 2. The molecule has 2 aromatic heterocycles. The number of aromatic amines is 1. The number of benzene rings is 1. The largest absolute Gasteiger partial charge is 0.348 e. The minimum atomic E-state index is -0.141. The number of carbonyl (C=O) groups is 1. The standard InChI is InChI=1S/C26H32N4O2S/c1-14-9-22(33-4)20(25(31)29-14)13-28-26(32)24-16(3)30(21-8-6-5-7-19(21)24)15(2)23-17-10-18(23)12-27-11-17/h5-9,15,17-18,23,27H,10-13H2,1-4H3,(H,28,32)(H,29,31). The average molecular weight is 465 g/mol. The molecule has 5 rings (SSSR count). The summed E-state index contributed by atoms with van der Waals surface area (Å²) in [6, 6.07) is 10.5. The van der Waals surface area contributed by atoms with Crippen LogP contribution in [0.1, 0.15) is 46.7 Å². The van der Waals surface area contributed by atoms with Gasteiger partial charge < -0.3 is 20.2 Å². The Morgan fingerprint density at radius 2 is 1.97 bits per heavy atom. The Labute approximate surface area is 198 Å². The van der Waals surface area contributed by atoms with Crippen LogP contribution in [0.4, 0.5) is 0 Å². The summed E-state index contributed by atoms with van der Waals surface area (Å²) < 4.78 is 2.38. The van der Waals surface area contributed by atoms with Gasteiger partial charge in [-0.15, -0.1) is 11.8 Å². The number of thioether (sulfide) groups is 1. The van der Waals surface area contributed by atoms with Crippen molar-refractivity contribution in [1.82, 2.24) is 20.2 Å². The topological polar surface area (TPSA) is 78.9 Å². The number of nitrogens with one attached hydrogen (secondary N) is 3. The molecular formula is C26H32N4O2S. The lowest BCUT2D eigenvalue weighted by Crippen LogP contribution is -2.55. The number of hydrogen-bond donors (Lipinski definition) is 3. The van der Waals surface area contributed by atoms with Gasteiger partial charge in [-0.1, -0.05) is 18.2 Å². The number of aromatic nitrogens is 2. The molecule has 33 heavy (non-hydrogen) atoms. The zero-order valence-electron chi connectivity index (χ0n) is 19.7. The van der Waals surface area contributed by atoms with Gasteiger partial charge in [0.05, 0.1) is 5.56 Å². The summed E-state index contributed by atoms with van der Waals surface area (Å²) in [6.07, 6.45) is 3.26. The molecule has 2 bridgehead atoms. The molecule has 1 aliphatic carbocycles. The van der Waals surface area contributed by atoms with Gasteiger partial charge in [0.2, 0.25) is 0 Å². The normalized spacial score (nSPS) is 22.7. The lowest BCUT2D eigenvalue weighted by atomic mass is 9.59. The van der Waals surface area contributed by atoms with Crippen molar-refractivity contribution in [3.05, 3.63) is 63.2 Å². The van der Waals surface area contributed by atoms with Crippen molar-refractivity contribution in [3.63, 3.8) is 0 Å². The van der Waals surface area contributed by atoms with Crippen LogP contribution in [0, 0.1) is 31.6 Å². The maximum atomic E-state index is 13.5. The molecule has 2 fully saturated rings. The second-order valence-electron chi connectivity index (χ2n) is 9.59. The van der Waals surface area contributed by atoms with Crippen molar-refractivity contribution in [2.24, 2.45) is 17.8 Å². The highest BCUT2D eigenvalue weighted by atomic mass is 32.2. The maximum absolute atomic E-state index is 13.5. The molecule has 1 aromatic carbocycles. The van der Waals surface area contributed by atoms with Gasteiger partial charge in [-0.2, -0.15) is 0 Å². The quantitative estimate of drug-likeness (QED) is 0.482. The van der Waals surface area contributed by atoms with E-state index in [1.807, 2.05) is 37.4 Å². The third-order valence-corrected chi connectivity index (χ3v) is 8.53. The fraction of sp³-hybridized carbons (Fsp3) is 0.462. The molecule has 1 amide bonds. The van der Waals surface area contributed by atoms with Crippen LogP contribution in [0.2, 0.25) is 0 Å². The summed E-state index contributed by atoms with van der Waals surface area (Å²) in [7, 11) is 0. The van der Waals surface area contributed by atoms with E-state index in [1.54, 1.807) is 0 Å². The Morgan fingerprint density at radius 1 is 1.24 bits per heavy atom. The number of H-pyrrole nitrogens is 1. The summed E-state index contributed by atoms with van der Waals surface area (Å²) >= 11 is 1.52. The van der Waals surface area contributed by atoms with Crippen LogP contribution in [-0.2, 0) is 6.54 Å². The Balaban J connectivity index is 1.47. The van der Waals surface area contributed by atoms with E-state index in [2.05, 4.69) is 40.1 Å². The number of hydrogen-bond acceptors (Lipinski definition) is 4. The lowest BCUT2D eigenvalue weighted by Gasteiger charge is -2.53. The first-order chi connectivity index (χ1) is 15.9. The van der Waals surface area contributed by atoms with Crippen LogP contribution in [0.15, 0.2) is 40.0 Å². The molecule has 3 N–H and O–H groups in total. The molecule has 3 unspecified atom stereocenters. The van der Waals surface area contributed by atoms with Gasteiger partial charge in [0.1, 0.15) is 0 Å². The van der Waals surface area contributed by atoms with Crippen LogP contribution < -0.4 is 16.2 Å².